The van der Waals surface area contributed by atoms with Crippen LogP contribution in [0.25, 0.3) is 10.2 Å². The summed E-state index contributed by atoms with van der Waals surface area (Å²) >= 11 is 1.69. The van der Waals surface area contributed by atoms with Gasteiger partial charge in [-0.25, -0.2) is 4.98 Å². The zero-order chi connectivity index (χ0) is 17.5. The molecule has 0 saturated carbocycles. The van der Waals surface area contributed by atoms with Gasteiger partial charge >= 0.3 is 0 Å². The molecule has 0 radical (unpaired) electrons. The van der Waals surface area contributed by atoms with Crippen molar-refractivity contribution in [3.05, 3.63) is 59.4 Å². The van der Waals surface area contributed by atoms with Gasteiger partial charge in [-0.2, -0.15) is 0 Å². The summed E-state index contributed by atoms with van der Waals surface area (Å²) in [5.41, 5.74) is 6.06. The van der Waals surface area contributed by atoms with Gasteiger partial charge in [0, 0.05) is 12.6 Å². The number of amides is 2. The van der Waals surface area contributed by atoms with Crippen LogP contribution in [0.2, 0.25) is 0 Å². The summed E-state index contributed by atoms with van der Waals surface area (Å²) in [5.74, 6) is -0.642. The Kier molecular flexibility index (Phi) is 5.69. The Balaban J connectivity index is 1.36. The number of aryl methyl sites for hydroxylation is 1. The number of hydrogen-bond donors (Lipinski definition) is 2. The summed E-state index contributed by atoms with van der Waals surface area (Å²) in [6.07, 6.45) is 4.35. The van der Waals surface area contributed by atoms with Crippen molar-refractivity contribution in [3.8, 4) is 0 Å². The number of unbranched alkanes of at least 4 members (excludes halogenated alkanes) is 1. The first kappa shape index (κ1) is 17.0. The predicted molar refractivity (Wildman–Crippen MR) is 97.0 cm³/mol. The molecule has 0 atom stereocenters. The second-order valence-electron chi connectivity index (χ2n) is 5.50. The highest BCUT2D eigenvalue weighted by Gasteiger charge is 2.08. The molecule has 0 aliphatic rings. The van der Waals surface area contributed by atoms with E-state index in [4.69, 9.17) is 0 Å². The average Bonchev–Trinajstić information content (AvgIpc) is 3.07. The second-order valence-corrected chi connectivity index (χ2v) is 6.61. The zero-order valence-electron chi connectivity index (χ0n) is 13.6. The molecule has 2 N–H and O–H groups in total. The number of fused-ring (bicyclic) bond motifs is 1. The largest absolute Gasteiger partial charge is 0.288 e. The van der Waals surface area contributed by atoms with Crippen molar-refractivity contribution >= 4 is 33.4 Å². The number of pyridine rings is 1. The highest BCUT2D eigenvalue weighted by Crippen LogP contribution is 2.22. The molecule has 0 bridgehead atoms. The Morgan fingerprint density at radius 1 is 1.00 bits per heavy atom. The Labute approximate surface area is 149 Å². The summed E-state index contributed by atoms with van der Waals surface area (Å²) in [6.45, 7) is 0. The van der Waals surface area contributed by atoms with E-state index in [1.807, 2.05) is 18.2 Å². The lowest BCUT2D eigenvalue weighted by atomic mass is 10.2. The molecule has 0 aliphatic heterocycles. The standard InChI is InChI=1S/C18H18N4O2S/c23-16(21-22-18(24)14-8-5-6-12-19-14)10-3-4-11-17-20-13-7-1-2-9-15(13)25-17/h1-2,5-9,12H,3-4,10-11H2,(H,21,23)(H,22,24). The van der Waals surface area contributed by atoms with Gasteiger partial charge in [-0.05, 0) is 43.5 Å². The summed E-state index contributed by atoms with van der Waals surface area (Å²) in [7, 11) is 0. The number of carbonyl (C=O) groups excluding carboxylic acids is 2. The van der Waals surface area contributed by atoms with Crippen LogP contribution >= 0.6 is 11.3 Å². The van der Waals surface area contributed by atoms with Gasteiger partial charge in [0.25, 0.3) is 5.91 Å². The van der Waals surface area contributed by atoms with Crippen molar-refractivity contribution in [1.29, 1.82) is 0 Å². The first-order chi connectivity index (χ1) is 12.2. The molecule has 0 aliphatic carbocycles. The lowest BCUT2D eigenvalue weighted by Gasteiger charge is -2.06. The van der Waals surface area contributed by atoms with Crippen LogP contribution < -0.4 is 10.9 Å². The normalized spacial score (nSPS) is 10.6. The highest BCUT2D eigenvalue weighted by molar-refractivity contribution is 7.18. The van der Waals surface area contributed by atoms with Gasteiger partial charge in [-0.1, -0.05) is 18.2 Å². The van der Waals surface area contributed by atoms with Gasteiger partial charge in [0.2, 0.25) is 5.91 Å². The summed E-state index contributed by atoms with van der Waals surface area (Å²) in [4.78, 5) is 32.0. The number of nitrogens with one attached hydrogen (secondary N) is 2. The van der Waals surface area contributed by atoms with Crippen LogP contribution in [0.3, 0.4) is 0 Å². The maximum atomic E-state index is 11.8. The Morgan fingerprint density at radius 3 is 2.64 bits per heavy atom. The molecule has 3 rings (SSSR count). The molecule has 0 unspecified atom stereocenters. The minimum atomic E-state index is -0.427. The maximum Gasteiger partial charge on any atom is 0.288 e. The SMILES string of the molecule is O=C(CCCCc1nc2ccccc2s1)NNC(=O)c1ccccn1. The van der Waals surface area contributed by atoms with Gasteiger partial charge < -0.3 is 0 Å². The summed E-state index contributed by atoms with van der Waals surface area (Å²) in [6, 6.07) is 13.1. The molecule has 1 aromatic carbocycles. The molecular weight excluding hydrogens is 336 g/mol. The van der Waals surface area contributed by atoms with Crippen LogP contribution in [0.1, 0.15) is 34.8 Å². The number of nitrogens with zero attached hydrogens (tertiary/aromatic N) is 2. The third-order valence-corrected chi connectivity index (χ3v) is 4.69. The minimum Gasteiger partial charge on any atom is -0.273 e. The number of rotatable bonds is 6. The molecule has 3 aromatic rings. The van der Waals surface area contributed by atoms with Crippen LogP contribution in [0.4, 0.5) is 0 Å². The Bertz CT molecular complexity index is 831. The molecule has 0 spiro atoms. The van der Waals surface area contributed by atoms with Crippen LogP contribution in [-0.2, 0) is 11.2 Å². The summed E-state index contributed by atoms with van der Waals surface area (Å²) < 4.78 is 1.19. The fraction of sp³-hybridized carbons (Fsp3) is 0.222. The fourth-order valence-corrected chi connectivity index (χ4v) is 3.35. The molecule has 2 heterocycles. The molecule has 0 saturated heterocycles. The van der Waals surface area contributed by atoms with E-state index in [0.717, 1.165) is 29.8 Å². The molecule has 25 heavy (non-hydrogen) atoms. The van der Waals surface area contributed by atoms with Gasteiger partial charge in [-0.15, -0.1) is 11.3 Å². The quantitative estimate of drug-likeness (QED) is 0.527. The molecule has 128 valence electrons. The van der Waals surface area contributed by atoms with E-state index in [0.29, 0.717) is 6.42 Å². The van der Waals surface area contributed by atoms with E-state index in [1.54, 1.807) is 29.5 Å². The number of hydrogen-bond acceptors (Lipinski definition) is 5. The third-order valence-electron chi connectivity index (χ3n) is 3.60. The van der Waals surface area contributed by atoms with E-state index >= 15 is 0 Å². The number of hydrazine groups is 1. The topological polar surface area (TPSA) is 84.0 Å². The number of carbonyl (C=O) groups is 2. The third kappa shape index (κ3) is 4.84. The van der Waals surface area contributed by atoms with Gasteiger partial charge in [0.15, 0.2) is 0 Å². The highest BCUT2D eigenvalue weighted by atomic mass is 32.1. The van der Waals surface area contributed by atoms with E-state index in [-0.39, 0.29) is 11.6 Å². The average molecular weight is 354 g/mol. The molecule has 6 nitrogen and oxygen atoms in total. The van der Waals surface area contributed by atoms with E-state index in [1.165, 1.54) is 10.9 Å². The molecule has 7 heteroatoms. The molecule has 2 amide bonds. The van der Waals surface area contributed by atoms with E-state index < -0.39 is 5.91 Å². The minimum absolute atomic E-state index is 0.214. The second kappa shape index (κ2) is 8.34. The predicted octanol–water partition coefficient (Wildman–Crippen LogP) is 2.87. The van der Waals surface area contributed by atoms with Crippen LogP contribution in [0.15, 0.2) is 48.7 Å². The van der Waals surface area contributed by atoms with Gasteiger partial charge in [0.05, 0.1) is 15.2 Å². The van der Waals surface area contributed by atoms with Crippen molar-refractivity contribution < 1.29 is 9.59 Å². The Hall–Kier alpha value is -2.80. The number of thiazole rings is 1. The zero-order valence-corrected chi connectivity index (χ0v) is 14.4. The molecular formula is C18H18N4O2S. The van der Waals surface area contributed by atoms with E-state index in [9.17, 15) is 9.59 Å². The first-order valence-electron chi connectivity index (χ1n) is 8.07. The van der Waals surface area contributed by atoms with Crippen molar-refractivity contribution in [2.24, 2.45) is 0 Å². The smallest absolute Gasteiger partial charge is 0.273 e. The maximum absolute atomic E-state index is 11.8. The summed E-state index contributed by atoms with van der Waals surface area (Å²) in [5, 5.41) is 1.09. The van der Waals surface area contributed by atoms with Crippen molar-refractivity contribution in [2.45, 2.75) is 25.7 Å². The lowest BCUT2D eigenvalue weighted by molar-refractivity contribution is -0.121. The van der Waals surface area contributed by atoms with Crippen molar-refractivity contribution in [1.82, 2.24) is 20.8 Å². The number of benzene rings is 1. The first-order valence-corrected chi connectivity index (χ1v) is 8.89. The number of aromatic nitrogens is 2. The van der Waals surface area contributed by atoms with Gasteiger partial charge in [-0.3, -0.25) is 25.4 Å². The van der Waals surface area contributed by atoms with Crippen molar-refractivity contribution in [3.63, 3.8) is 0 Å². The van der Waals surface area contributed by atoms with Crippen molar-refractivity contribution in [2.75, 3.05) is 0 Å². The fourth-order valence-electron chi connectivity index (χ4n) is 2.34. The lowest BCUT2D eigenvalue weighted by Crippen LogP contribution is -2.41. The van der Waals surface area contributed by atoms with Crippen LogP contribution in [-0.4, -0.2) is 21.8 Å². The van der Waals surface area contributed by atoms with E-state index in [2.05, 4.69) is 26.9 Å². The Morgan fingerprint density at radius 2 is 1.84 bits per heavy atom. The van der Waals surface area contributed by atoms with Gasteiger partial charge in [0.1, 0.15) is 5.69 Å². The molecule has 2 aromatic heterocycles. The molecule has 0 fully saturated rings. The number of para-hydroxylation sites is 1. The van der Waals surface area contributed by atoms with Crippen LogP contribution in [0, 0.1) is 0 Å². The van der Waals surface area contributed by atoms with Crippen LogP contribution in [0.5, 0.6) is 0 Å². The monoisotopic (exact) mass is 354 g/mol.